The molecular weight excluding hydrogens is 292 g/mol. The lowest BCUT2D eigenvalue weighted by atomic mass is 10.3. The summed E-state index contributed by atoms with van der Waals surface area (Å²) in [5.41, 5.74) is 1.62. The fourth-order valence-electron chi connectivity index (χ4n) is 1.69. The quantitative estimate of drug-likeness (QED) is 0.798. The zero-order valence-corrected chi connectivity index (χ0v) is 11.8. The summed E-state index contributed by atoms with van der Waals surface area (Å²) in [6, 6.07) is 9.02. The Kier molecular flexibility index (Phi) is 3.65. The maximum absolute atomic E-state index is 5.87. The van der Waals surface area contributed by atoms with Gasteiger partial charge in [-0.25, -0.2) is 0 Å². The van der Waals surface area contributed by atoms with E-state index < -0.39 is 0 Å². The van der Waals surface area contributed by atoms with E-state index in [-0.39, 0.29) is 0 Å². The minimum absolute atomic E-state index is 0.550. The molecule has 7 nitrogen and oxygen atoms in total. The number of rotatable bonds is 4. The number of benzene rings is 1. The summed E-state index contributed by atoms with van der Waals surface area (Å²) in [6.07, 6.45) is 3.41. The third-order valence-electron chi connectivity index (χ3n) is 2.65. The molecule has 0 saturated heterocycles. The first-order chi connectivity index (χ1) is 10.2. The standard InChI is InChI=1S/C13H11ClN6O/c1-9-8-13(21-17-9)15-7-6-12-16-18-19-20(12)11-4-2-10(14)3-5-11/h2-8,15H,1H3/b7-6-. The van der Waals surface area contributed by atoms with Gasteiger partial charge in [0.1, 0.15) is 0 Å². The Balaban J connectivity index is 1.77. The van der Waals surface area contributed by atoms with E-state index in [1.54, 1.807) is 35.2 Å². The van der Waals surface area contributed by atoms with Crippen molar-refractivity contribution in [2.24, 2.45) is 0 Å². The van der Waals surface area contributed by atoms with Gasteiger partial charge in [0.2, 0.25) is 5.88 Å². The lowest BCUT2D eigenvalue weighted by molar-refractivity contribution is 0.429. The second kappa shape index (κ2) is 5.76. The molecule has 0 aliphatic heterocycles. The molecule has 0 fully saturated rings. The summed E-state index contributed by atoms with van der Waals surface area (Å²) in [7, 11) is 0. The summed E-state index contributed by atoms with van der Waals surface area (Å²) in [6.45, 7) is 1.85. The van der Waals surface area contributed by atoms with Crippen molar-refractivity contribution in [2.45, 2.75) is 6.92 Å². The van der Waals surface area contributed by atoms with Gasteiger partial charge in [-0.2, -0.15) is 4.68 Å². The number of nitrogens with one attached hydrogen (secondary N) is 1. The van der Waals surface area contributed by atoms with Gasteiger partial charge < -0.3 is 9.84 Å². The molecule has 3 aromatic rings. The maximum Gasteiger partial charge on any atom is 0.228 e. The van der Waals surface area contributed by atoms with Crippen molar-refractivity contribution in [1.29, 1.82) is 0 Å². The lowest BCUT2D eigenvalue weighted by Gasteiger charge is -2.01. The van der Waals surface area contributed by atoms with Crippen LogP contribution in [0.5, 0.6) is 0 Å². The normalized spacial score (nSPS) is 11.1. The molecule has 0 spiro atoms. The van der Waals surface area contributed by atoms with E-state index in [1.807, 2.05) is 19.1 Å². The summed E-state index contributed by atoms with van der Waals surface area (Å²) in [5.74, 6) is 1.12. The highest BCUT2D eigenvalue weighted by Gasteiger charge is 2.05. The summed E-state index contributed by atoms with van der Waals surface area (Å²) in [4.78, 5) is 0. The van der Waals surface area contributed by atoms with Crippen LogP contribution in [0.15, 0.2) is 41.1 Å². The van der Waals surface area contributed by atoms with E-state index in [2.05, 4.69) is 26.0 Å². The molecule has 0 aliphatic carbocycles. The van der Waals surface area contributed by atoms with Gasteiger partial charge in [-0.15, -0.1) is 5.10 Å². The van der Waals surface area contributed by atoms with Crippen LogP contribution in [0.1, 0.15) is 11.5 Å². The van der Waals surface area contributed by atoms with E-state index in [1.165, 1.54) is 0 Å². The third kappa shape index (κ3) is 3.09. The molecule has 2 aromatic heterocycles. The highest BCUT2D eigenvalue weighted by molar-refractivity contribution is 6.30. The smallest absolute Gasteiger partial charge is 0.228 e. The van der Waals surface area contributed by atoms with Gasteiger partial charge >= 0.3 is 0 Å². The molecule has 0 radical (unpaired) electrons. The molecular formula is C13H11ClN6O. The van der Waals surface area contributed by atoms with Crippen LogP contribution in [0.3, 0.4) is 0 Å². The minimum Gasteiger partial charge on any atom is -0.338 e. The lowest BCUT2D eigenvalue weighted by Crippen LogP contribution is -1.99. The van der Waals surface area contributed by atoms with Crippen LogP contribution in [0.4, 0.5) is 5.88 Å². The van der Waals surface area contributed by atoms with E-state index in [0.29, 0.717) is 16.7 Å². The van der Waals surface area contributed by atoms with Crippen molar-refractivity contribution in [3.63, 3.8) is 0 Å². The Morgan fingerprint density at radius 3 is 2.81 bits per heavy atom. The van der Waals surface area contributed by atoms with Crippen molar-refractivity contribution in [1.82, 2.24) is 25.4 Å². The van der Waals surface area contributed by atoms with Crippen LogP contribution < -0.4 is 5.32 Å². The van der Waals surface area contributed by atoms with Crippen molar-refractivity contribution < 1.29 is 4.52 Å². The van der Waals surface area contributed by atoms with Gasteiger partial charge in [-0.3, -0.25) is 0 Å². The van der Waals surface area contributed by atoms with Crippen molar-refractivity contribution in [2.75, 3.05) is 5.32 Å². The Morgan fingerprint density at radius 1 is 1.29 bits per heavy atom. The first kappa shape index (κ1) is 13.3. The Labute approximate surface area is 125 Å². The van der Waals surface area contributed by atoms with Gasteiger partial charge in [0.25, 0.3) is 0 Å². The van der Waals surface area contributed by atoms with Crippen LogP contribution in [-0.2, 0) is 0 Å². The molecule has 106 valence electrons. The van der Waals surface area contributed by atoms with Crippen LogP contribution in [0.25, 0.3) is 11.8 Å². The van der Waals surface area contributed by atoms with E-state index in [0.717, 1.165) is 11.4 Å². The average molecular weight is 303 g/mol. The van der Waals surface area contributed by atoms with Gasteiger partial charge in [0.05, 0.1) is 11.4 Å². The van der Waals surface area contributed by atoms with Gasteiger partial charge in [-0.1, -0.05) is 16.8 Å². The zero-order chi connectivity index (χ0) is 14.7. The summed E-state index contributed by atoms with van der Waals surface area (Å²) >= 11 is 5.87. The topological polar surface area (TPSA) is 81.7 Å². The van der Waals surface area contributed by atoms with Crippen LogP contribution >= 0.6 is 11.6 Å². The molecule has 8 heteroatoms. The number of aryl methyl sites for hydroxylation is 1. The Hall–Kier alpha value is -2.67. The fraction of sp³-hybridized carbons (Fsp3) is 0.0769. The molecule has 0 aliphatic rings. The highest BCUT2D eigenvalue weighted by Crippen LogP contribution is 2.14. The molecule has 21 heavy (non-hydrogen) atoms. The molecule has 0 atom stereocenters. The van der Waals surface area contributed by atoms with Crippen LogP contribution in [0, 0.1) is 6.92 Å². The second-order valence-electron chi connectivity index (χ2n) is 4.24. The number of tetrazole rings is 1. The van der Waals surface area contributed by atoms with Gasteiger partial charge in [-0.05, 0) is 41.6 Å². The molecule has 0 amide bonds. The highest BCUT2D eigenvalue weighted by atomic mass is 35.5. The molecule has 1 aromatic carbocycles. The number of halogens is 1. The number of hydrogen-bond acceptors (Lipinski definition) is 6. The average Bonchev–Trinajstić information content (AvgIpc) is 3.09. The Morgan fingerprint density at radius 2 is 2.10 bits per heavy atom. The van der Waals surface area contributed by atoms with E-state index in [4.69, 9.17) is 16.1 Å². The summed E-state index contributed by atoms with van der Waals surface area (Å²) < 4.78 is 6.62. The van der Waals surface area contributed by atoms with E-state index >= 15 is 0 Å². The molecule has 1 N–H and O–H groups in total. The first-order valence-electron chi connectivity index (χ1n) is 6.13. The zero-order valence-electron chi connectivity index (χ0n) is 11.1. The number of nitrogens with zero attached hydrogens (tertiary/aromatic N) is 5. The predicted octanol–water partition coefficient (Wildman–Crippen LogP) is 2.69. The molecule has 3 rings (SSSR count). The van der Waals surface area contributed by atoms with E-state index in [9.17, 15) is 0 Å². The Bertz CT molecular complexity index is 761. The number of anilines is 1. The SMILES string of the molecule is Cc1cc(N/C=C\c2nnnn2-c2ccc(Cl)cc2)on1. The fourth-order valence-corrected chi connectivity index (χ4v) is 1.82. The third-order valence-corrected chi connectivity index (χ3v) is 2.90. The van der Waals surface area contributed by atoms with Crippen molar-refractivity contribution in [3.05, 3.63) is 53.1 Å². The largest absolute Gasteiger partial charge is 0.338 e. The summed E-state index contributed by atoms with van der Waals surface area (Å²) in [5, 5.41) is 18.9. The minimum atomic E-state index is 0.550. The van der Waals surface area contributed by atoms with Crippen LogP contribution in [0.2, 0.25) is 5.02 Å². The van der Waals surface area contributed by atoms with Gasteiger partial charge in [0, 0.05) is 23.4 Å². The molecule has 0 saturated carbocycles. The monoisotopic (exact) mass is 302 g/mol. The van der Waals surface area contributed by atoms with Crippen molar-refractivity contribution >= 4 is 23.6 Å². The molecule has 0 unspecified atom stereocenters. The van der Waals surface area contributed by atoms with Crippen molar-refractivity contribution in [3.8, 4) is 5.69 Å². The number of hydrogen-bond donors (Lipinski definition) is 1. The predicted molar refractivity (Wildman–Crippen MR) is 78.1 cm³/mol. The molecule has 2 heterocycles. The number of aromatic nitrogens is 5. The maximum atomic E-state index is 5.87. The first-order valence-corrected chi connectivity index (χ1v) is 6.51. The molecule has 0 bridgehead atoms. The second-order valence-corrected chi connectivity index (χ2v) is 4.67. The van der Waals surface area contributed by atoms with Crippen LogP contribution in [-0.4, -0.2) is 25.4 Å². The van der Waals surface area contributed by atoms with Gasteiger partial charge in [0.15, 0.2) is 5.82 Å².